The van der Waals surface area contributed by atoms with E-state index in [0.717, 1.165) is 28.8 Å². The molecule has 0 saturated carbocycles. The maximum Gasteiger partial charge on any atom is 0.254 e. The highest BCUT2D eigenvalue weighted by molar-refractivity contribution is 5.94. The maximum absolute atomic E-state index is 13.4. The smallest absolute Gasteiger partial charge is 0.254 e. The average molecular weight is 403 g/mol. The molecule has 2 aliphatic rings. The SMILES string of the molecule is O=C(c1ccncc1)N1CC[C@@H]2[C@H](CO)Nc3ccc(-c4ccc(F)cc4)cc3[C@@H]21. The van der Waals surface area contributed by atoms with Gasteiger partial charge in [-0.15, -0.1) is 0 Å². The molecule has 0 bridgehead atoms. The molecule has 0 unspecified atom stereocenters. The number of likely N-dealkylation sites (tertiary alicyclic amines) is 1. The Kier molecular flexibility index (Phi) is 4.71. The summed E-state index contributed by atoms with van der Waals surface area (Å²) in [5.74, 6) is -0.174. The molecule has 6 heteroatoms. The van der Waals surface area contributed by atoms with Gasteiger partial charge in [0.25, 0.3) is 5.91 Å². The van der Waals surface area contributed by atoms with Gasteiger partial charge in [0, 0.05) is 36.1 Å². The zero-order valence-electron chi connectivity index (χ0n) is 16.3. The fraction of sp³-hybridized carbons (Fsp3) is 0.250. The predicted octanol–water partition coefficient (Wildman–Crippen LogP) is 3.88. The number of hydrogen-bond acceptors (Lipinski definition) is 4. The van der Waals surface area contributed by atoms with E-state index in [1.807, 2.05) is 17.0 Å². The summed E-state index contributed by atoms with van der Waals surface area (Å²) < 4.78 is 13.4. The van der Waals surface area contributed by atoms with Crippen molar-refractivity contribution in [2.75, 3.05) is 18.5 Å². The number of anilines is 1. The molecule has 152 valence electrons. The Morgan fingerprint density at radius 1 is 1.10 bits per heavy atom. The van der Waals surface area contributed by atoms with Gasteiger partial charge >= 0.3 is 0 Å². The van der Waals surface area contributed by atoms with Crippen LogP contribution in [0.4, 0.5) is 10.1 Å². The number of pyridine rings is 1. The fourth-order valence-electron chi connectivity index (χ4n) is 4.77. The van der Waals surface area contributed by atoms with Crippen LogP contribution in [0.3, 0.4) is 0 Å². The zero-order valence-corrected chi connectivity index (χ0v) is 16.3. The van der Waals surface area contributed by atoms with E-state index >= 15 is 0 Å². The van der Waals surface area contributed by atoms with Crippen LogP contribution < -0.4 is 5.32 Å². The third-order valence-electron chi connectivity index (χ3n) is 6.23. The summed E-state index contributed by atoms with van der Waals surface area (Å²) >= 11 is 0. The topological polar surface area (TPSA) is 65.5 Å². The second-order valence-electron chi connectivity index (χ2n) is 7.87. The van der Waals surface area contributed by atoms with Gasteiger partial charge in [-0.05, 0) is 59.5 Å². The summed E-state index contributed by atoms with van der Waals surface area (Å²) in [7, 11) is 0. The number of halogens is 1. The second kappa shape index (κ2) is 7.54. The molecule has 3 aromatic rings. The number of benzene rings is 2. The van der Waals surface area contributed by atoms with Crippen molar-refractivity contribution in [1.29, 1.82) is 0 Å². The first-order valence-electron chi connectivity index (χ1n) is 10.1. The van der Waals surface area contributed by atoms with Crippen molar-refractivity contribution in [3.05, 3.63) is 83.9 Å². The summed E-state index contributed by atoms with van der Waals surface area (Å²) in [5.41, 5.74) is 4.47. The summed E-state index contributed by atoms with van der Waals surface area (Å²) in [6.45, 7) is 0.645. The maximum atomic E-state index is 13.4. The van der Waals surface area contributed by atoms with E-state index in [1.165, 1.54) is 12.1 Å². The summed E-state index contributed by atoms with van der Waals surface area (Å²) in [6.07, 6.45) is 4.07. The standard InChI is InChI=1S/C24H22FN3O2/c25-18-4-1-15(2-5-18)17-3-6-21-20(13-17)23-19(22(14-29)27-21)9-12-28(23)24(30)16-7-10-26-11-8-16/h1-8,10-11,13,19,22-23,27,29H,9,12,14H2/t19-,22+,23-/m1/s1. The number of aliphatic hydroxyl groups excluding tert-OH is 1. The highest BCUT2D eigenvalue weighted by Gasteiger charge is 2.45. The monoisotopic (exact) mass is 403 g/mol. The van der Waals surface area contributed by atoms with Crippen LogP contribution in [-0.4, -0.2) is 40.1 Å². The van der Waals surface area contributed by atoms with Crippen LogP contribution in [-0.2, 0) is 0 Å². The van der Waals surface area contributed by atoms with Crippen LogP contribution in [0.25, 0.3) is 11.1 Å². The molecule has 1 amide bonds. The summed E-state index contributed by atoms with van der Waals surface area (Å²) in [6, 6.07) is 15.7. The molecule has 5 rings (SSSR count). The van der Waals surface area contributed by atoms with Crippen LogP contribution in [0.5, 0.6) is 0 Å². The van der Waals surface area contributed by atoms with Gasteiger partial charge in [0.1, 0.15) is 5.82 Å². The van der Waals surface area contributed by atoms with Gasteiger partial charge < -0.3 is 15.3 Å². The van der Waals surface area contributed by atoms with E-state index in [2.05, 4.69) is 16.4 Å². The quantitative estimate of drug-likeness (QED) is 0.697. The van der Waals surface area contributed by atoms with Gasteiger partial charge in [-0.2, -0.15) is 0 Å². The van der Waals surface area contributed by atoms with Crippen molar-refractivity contribution in [2.45, 2.75) is 18.5 Å². The minimum Gasteiger partial charge on any atom is -0.394 e. The van der Waals surface area contributed by atoms with Crippen molar-refractivity contribution in [3.8, 4) is 11.1 Å². The van der Waals surface area contributed by atoms with Gasteiger partial charge in [-0.3, -0.25) is 9.78 Å². The van der Waals surface area contributed by atoms with E-state index in [9.17, 15) is 14.3 Å². The number of nitrogens with zero attached hydrogens (tertiary/aromatic N) is 2. The number of nitrogens with one attached hydrogen (secondary N) is 1. The summed E-state index contributed by atoms with van der Waals surface area (Å²) in [4.78, 5) is 19.2. The van der Waals surface area contributed by atoms with Gasteiger partial charge in [-0.1, -0.05) is 18.2 Å². The molecule has 2 N–H and O–H groups in total. The molecule has 3 atom stereocenters. The van der Waals surface area contributed by atoms with Crippen molar-refractivity contribution in [3.63, 3.8) is 0 Å². The lowest BCUT2D eigenvalue weighted by molar-refractivity contribution is 0.0701. The molecular formula is C24H22FN3O2. The Labute approximate surface area is 174 Å². The molecular weight excluding hydrogens is 381 g/mol. The molecule has 1 saturated heterocycles. The van der Waals surface area contributed by atoms with Crippen LogP contribution in [0.15, 0.2) is 67.0 Å². The van der Waals surface area contributed by atoms with E-state index in [1.54, 1.807) is 36.7 Å². The lowest BCUT2D eigenvalue weighted by Crippen LogP contribution is -2.42. The van der Waals surface area contributed by atoms with E-state index < -0.39 is 0 Å². The number of amides is 1. The predicted molar refractivity (Wildman–Crippen MR) is 112 cm³/mol. The van der Waals surface area contributed by atoms with Crippen molar-refractivity contribution >= 4 is 11.6 Å². The first-order valence-corrected chi connectivity index (χ1v) is 10.1. The number of carbonyl (C=O) groups is 1. The molecule has 0 spiro atoms. The van der Waals surface area contributed by atoms with Crippen molar-refractivity contribution < 1.29 is 14.3 Å². The van der Waals surface area contributed by atoms with Gasteiger partial charge in [0.15, 0.2) is 0 Å². The molecule has 1 aromatic heterocycles. The number of fused-ring (bicyclic) bond motifs is 3. The number of aromatic nitrogens is 1. The van der Waals surface area contributed by atoms with E-state index in [-0.39, 0.29) is 36.3 Å². The normalized spacial score (nSPS) is 22.2. The Bertz CT molecular complexity index is 1070. The molecule has 5 nitrogen and oxygen atoms in total. The molecule has 0 aliphatic carbocycles. The first kappa shape index (κ1) is 18.8. The molecule has 30 heavy (non-hydrogen) atoms. The van der Waals surface area contributed by atoms with E-state index in [4.69, 9.17) is 0 Å². The Morgan fingerprint density at radius 2 is 1.83 bits per heavy atom. The molecule has 1 fully saturated rings. The van der Waals surface area contributed by atoms with Crippen LogP contribution in [0, 0.1) is 11.7 Å². The number of rotatable bonds is 3. The van der Waals surface area contributed by atoms with Crippen molar-refractivity contribution in [2.24, 2.45) is 5.92 Å². The highest BCUT2D eigenvalue weighted by Crippen LogP contribution is 2.47. The third-order valence-corrected chi connectivity index (χ3v) is 6.23. The van der Waals surface area contributed by atoms with E-state index in [0.29, 0.717) is 12.1 Å². The first-order chi connectivity index (χ1) is 14.7. The third kappa shape index (κ3) is 3.13. The van der Waals surface area contributed by atoms with Gasteiger partial charge in [-0.25, -0.2) is 4.39 Å². The minimum atomic E-state index is -0.269. The number of carbonyl (C=O) groups excluding carboxylic acids is 1. The van der Waals surface area contributed by atoms with Crippen LogP contribution in [0.2, 0.25) is 0 Å². The lowest BCUT2D eigenvalue weighted by Gasteiger charge is -2.39. The molecule has 0 radical (unpaired) electrons. The second-order valence-corrected chi connectivity index (χ2v) is 7.87. The number of aliphatic hydroxyl groups is 1. The fourth-order valence-corrected chi connectivity index (χ4v) is 4.77. The largest absolute Gasteiger partial charge is 0.394 e. The van der Waals surface area contributed by atoms with Crippen LogP contribution in [0.1, 0.15) is 28.4 Å². The van der Waals surface area contributed by atoms with Gasteiger partial charge in [0.2, 0.25) is 0 Å². The zero-order chi connectivity index (χ0) is 20.7. The minimum absolute atomic E-state index is 0.0115. The Balaban J connectivity index is 1.57. The van der Waals surface area contributed by atoms with Crippen molar-refractivity contribution in [1.82, 2.24) is 9.88 Å². The number of hydrogen-bond donors (Lipinski definition) is 2. The highest BCUT2D eigenvalue weighted by atomic mass is 19.1. The lowest BCUT2D eigenvalue weighted by atomic mass is 9.82. The molecule has 2 aliphatic heterocycles. The molecule has 3 heterocycles. The Morgan fingerprint density at radius 3 is 2.57 bits per heavy atom. The Hall–Kier alpha value is -3.25. The van der Waals surface area contributed by atoms with Crippen LogP contribution >= 0.6 is 0 Å². The molecule has 2 aromatic carbocycles. The van der Waals surface area contributed by atoms with Gasteiger partial charge in [0.05, 0.1) is 18.7 Å². The average Bonchev–Trinajstić information content (AvgIpc) is 3.24. The summed E-state index contributed by atoms with van der Waals surface area (Å²) in [5, 5.41) is 13.4.